The van der Waals surface area contributed by atoms with E-state index in [1.807, 2.05) is 68.1 Å². The largest absolute Gasteiger partial charge is 0.495 e. The van der Waals surface area contributed by atoms with Crippen LogP contribution in [-0.4, -0.2) is 39.9 Å². The van der Waals surface area contributed by atoms with E-state index in [0.717, 1.165) is 6.42 Å². The minimum absolute atomic E-state index is 0.0652. The van der Waals surface area contributed by atoms with Crippen LogP contribution in [0, 0.1) is 11.3 Å². The van der Waals surface area contributed by atoms with Crippen LogP contribution in [0.2, 0.25) is 0 Å². The molecule has 0 radical (unpaired) electrons. The van der Waals surface area contributed by atoms with Gasteiger partial charge in [0.25, 0.3) is 5.56 Å². The highest BCUT2D eigenvalue weighted by Gasteiger charge is 2.36. The summed E-state index contributed by atoms with van der Waals surface area (Å²) in [6.07, 6.45) is 0.820. The average Bonchev–Trinajstić information content (AvgIpc) is 2.83. The number of halogens is 1. The molecule has 3 aromatic rings. The van der Waals surface area contributed by atoms with Crippen molar-refractivity contribution in [2.75, 3.05) is 19.5 Å². The number of para-hydroxylation sites is 3. The summed E-state index contributed by atoms with van der Waals surface area (Å²) in [5, 5.41) is 0.505. The number of fused-ring (bicyclic) bond motifs is 1. The van der Waals surface area contributed by atoms with Gasteiger partial charge in [0.2, 0.25) is 5.91 Å². The fourth-order valence-electron chi connectivity index (χ4n) is 3.93. The second-order valence-corrected chi connectivity index (χ2v) is 9.94. The third kappa shape index (κ3) is 5.12. The molecule has 6 nitrogen and oxygen atoms in total. The van der Waals surface area contributed by atoms with Crippen molar-refractivity contribution in [3.63, 3.8) is 0 Å². The van der Waals surface area contributed by atoms with Crippen LogP contribution in [0.15, 0.2) is 53.3 Å². The Bertz CT molecular complexity index is 1220. The zero-order chi connectivity index (χ0) is 25.0. The minimum atomic E-state index is -0.751. The Labute approximate surface area is 206 Å². The van der Waals surface area contributed by atoms with Crippen LogP contribution in [0.25, 0.3) is 16.6 Å². The van der Waals surface area contributed by atoms with Gasteiger partial charge in [-0.2, -0.15) is 0 Å². The molecule has 0 spiro atoms. The van der Waals surface area contributed by atoms with E-state index < -0.39 is 11.5 Å². The van der Waals surface area contributed by atoms with Gasteiger partial charge in [0.05, 0.1) is 35.2 Å². The monoisotopic (exact) mass is 483 g/mol. The van der Waals surface area contributed by atoms with Crippen LogP contribution in [0.3, 0.4) is 0 Å². The summed E-state index contributed by atoms with van der Waals surface area (Å²) in [6, 6.07) is 14.1. The number of hydrogen-bond acceptors (Lipinski definition) is 4. The topological polar surface area (TPSA) is 64.4 Å². The Morgan fingerprint density at radius 1 is 1.12 bits per heavy atom. The van der Waals surface area contributed by atoms with E-state index in [0.29, 0.717) is 40.6 Å². The van der Waals surface area contributed by atoms with Gasteiger partial charge in [-0.25, -0.2) is 4.98 Å². The van der Waals surface area contributed by atoms with Crippen LogP contribution in [0.4, 0.5) is 0 Å². The lowest BCUT2D eigenvalue weighted by Gasteiger charge is -2.36. The fraction of sp³-hybridized carbons (Fsp3) is 0.444. The maximum absolute atomic E-state index is 13.8. The summed E-state index contributed by atoms with van der Waals surface area (Å²) in [6.45, 7) is 10.4. The van der Waals surface area contributed by atoms with Gasteiger partial charge in [-0.05, 0) is 57.4 Å². The van der Waals surface area contributed by atoms with Gasteiger partial charge in [-0.1, -0.05) is 38.1 Å². The van der Waals surface area contributed by atoms with Gasteiger partial charge >= 0.3 is 0 Å². The molecule has 0 saturated heterocycles. The van der Waals surface area contributed by atoms with Crippen LogP contribution in [-0.2, 0) is 4.79 Å². The summed E-state index contributed by atoms with van der Waals surface area (Å²) in [5.74, 6) is 1.57. The number of hydrogen-bond donors (Lipinski definition) is 0. The maximum Gasteiger partial charge on any atom is 0.266 e. The quantitative estimate of drug-likeness (QED) is 0.372. The molecule has 2 aromatic carbocycles. The van der Waals surface area contributed by atoms with Gasteiger partial charge in [-0.15, -0.1) is 11.6 Å². The van der Waals surface area contributed by atoms with Crippen LogP contribution in [0.5, 0.6) is 5.75 Å². The molecule has 1 heterocycles. The summed E-state index contributed by atoms with van der Waals surface area (Å²) < 4.78 is 7.15. The van der Waals surface area contributed by atoms with Gasteiger partial charge in [-0.3, -0.25) is 14.2 Å². The van der Waals surface area contributed by atoms with E-state index in [4.69, 9.17) is 21.3 Å². The van der Waals surface area contributed by atoms with E-state index in [9.17, 15) is 9.59 Å². The summed E-state index contributed by atoms with van der Waals surface area (Å²) >= 11 is 6.18. The SMILES string of the molecule is COc1ccccc1-n1c(C(C)N(CCC(C)C)C(=O)C(C)(C)CCl)nc2ccccc2c1=O. The Balaban J connectivity index is 2.28. The summed E-state index contributed by atoms with van der Waals surface area (Å²) in [5.41, 5.74) is 0.222. The van der Waals surface area contributed by atoms with Crippen molar-refractivity contribution in [2.24, 2.45) is 11.3 Å². The van der Waals surface area contributed by atoms with Gasteiger partial charge in [0, 0.05) is 12.4 Å². The molecule has 0 bridgehead atoms. The van der Waals surface area contributed by atoms with Crippen LogP contribution >= 0.6 is 11.6 Å². The average molecular weight is 484 g/mol. The number of methoxy groups -OCH3 is 1. The molecular weight excluding hydrogens is 450 g/mol. The molecule has 0 aliphatic heterocycles. The standard InChI is InChI=1S/C27H34ClN3O3/c1-18(2)15-16-30(26(33)27(4,5)17-28)19(3)24-29-21-12-8-7-11-20(21)25(32)31(24)22-13-9-10-14-23(22)34-6/h7-14,18-19H,15-17H2,1-6H3. The van der Waals surface area contributed by atoms with Gasteiger partial charge in [0.1, 0.15) is 11.6 Å². The molecule has 1 unspecified atom stereocenters. The van der Waals surface area contributed by atoms with Crippen molar-refractivity contribution in [3.8, 4) is 11.4 Å². The zero-order valence-electron chi connectivity index (χ0n) is 20.8. The predicted octanol–water partition coefficient (Wildman–Crippen LogP) is 5.60. The third-order valence-corrected chi connectivity index (χ3v) is 6.76. The van der Waals surface area contributed by atoms with Crippen molar-refractivity contribution < 1.29 is 9.53 Å². The number of aromatic nitrogens is 2. The first-order valence-corrected chi connectivity index (χ1v) is 12.2. The number of amides is 1. The van der Waals surface area contributed by atoms with Crippen molar-refractivity contribution in [1.29, 1.82) is 0 Å². The Morgan fingerprint density at radius 2 is 1.76 bits per heavy atom. The lowest BCUT2D eigenvalue weighted by atomic mass is 9.93. The number of carbonyl (C=O) groups is 1. The Kier molecular flexibility index (Phi) is 8.03. The molecule has 0 aliphatic rings. The lowest BCUT2D eigenvalue weighted by molar-refractivity contribution is -0.142. The molecule has 3 rings (SSSR count). The van der Waals surface area contributed by atoms with E-state index >= 15 is 0 Å². The van der Waals surface area contributed by atoms with E-state index in [1.165, 1.54) is 0 Å². The van der Waals surface area contributed by atoms with Crippen molar-refractivity contribution in [2.45, 2.75) is 47.1 Å². The molecule has 182 valence electrons. The number of rotatable bonds is 9. The number of nitrogens with zero attached hydrogens (tertiary/aromatic N) is 3. The van der Waals surface area contributed by atoms with Crippen LogP contribution < -0.4 is 10.3 Å². The third-order valence-electron chi connectivity index (χ3n) is 6.09. The summed E-state index contributed by atoms with van der Waals surface area (Å²) in [7, 11) is 1.57. The smallest absolute Gasteiger partial charge is 0.266 e. The first-order valence-electron chi connectivity index (χ1n) is 11.6. The molecule has 1 atom stereocenters. The summed E-state index contributed by atoms with van der Waals surface area (Å²) in [4.78, 5) is 34.1. The van der Waals surface area contributed by atoms with Crippen LogP contribution in [0.1, 0.15) is 52.9 Å². The normalized spacial score (nSPS) is 12.7. The van der Waals surface area contributed by atoms with E-state index in [-0.39, 0.29) is 17.3 Å². The number of benzene rings is 2. The number of ether oxygens (including phenoxy) is 1. The molecule has 1 aromatic heterocycles. The highest BCUT2D eigenvalue weighted by Crippen LogP contribution is 2.31. The highest BCUT2D eigenvalue weighted by molar-refractivity contribution is 6.19. The highest BCUT2D eigenvalue weighted by atomic mass is 35.5. The molecular formula is C27H34ClN3O3. The number of carbonyl (C=O) groups excluding carboxylic acids is 1. The molecule has 7 heteroatoms. The van der Waals surface area contributed by atoms with Gasteiger partial charge in [0.15, 0.2) is 0 Å². The molecule has 0 N–H and O–H groups in total. The molecule has 0 saturated carbocycles. The second kappa shape index (κ2) is 10.6. The maximum atomic E-state index is 13.8. The zero-order valence-corrected chi connectivity index (χ0v) is 21.6. The van der Waals surface area contributed by atoms with Crippen molar-refractivity contribution in [3.05, 3.63) is 64.7 Å². The van der Waals surface area contributed by atoms with Crippen molar-refractivity contribution in [1.82, 2.24) is 14.5 Å². The fourth-order valence-corrected chi connectivity index (χ4v) is 4.05. The lowest BCUT2D eigenvalue weighted by Crippen LogP contribution is -2.45. The minimum Gasteiger partial charge on any atom is -0.495 e. The Morgan fingerprint density at radius 3 is 2.41 bits per heavy atom. The van der Waals surface area contributed by atoms with Gasteiger partial charge < -0.3 is 9.64 Å². The number of alkyl halides is 1. The predicted molar refractivity (Wildman–Crippen MR) is 138 cm³/mol. The molecule has 34 heavy (non-hydrogen) atoms. The molecule has 1 amide bonds. The molecule has 0 aliphatic carbocycles. The van der Waals surface area contributed by atoms with E-state index in [2.05, 4.69) is 13.8 Å². The van der Waals surface area contributed by atoms with Crippen molar-refractivity contribution >= 4 is 28.4 Å². The first-order chi connectivity index (χ1) is 16.1. The Hall–Kier alpha value is -2.86. The van der Waals surface area contributed by atoms with E-state index in [1.54, 1.807) is 17.7 Å². The first kappa shape index (κ1) is 25.8. The molecule has 0 fully saturated rings. The second-order valence-electron chi connectivity index (χ2n) is 9.67.